The number of rotatable bonds is 14. The molecule has 9 nitrogen and oxygen atoms in total. The second-order valence-electron chi connectivity index (χ2n) is 14.8. The van der Waals surface area contributed by atoms with Crippen LogP contribution in [0, 0.1) is 0 Å². The first-order chi connectivity index (χ1) is 29.6. The molecule has 9 aromatic rings. The van der Waals surface area contributed by atoms with Gasteiger partial charge in [0, 0.05) is 24.2 Å². The zero-order valence-corrected chi connectivity index (χ0v) is 33.3. The number of benzene rings is 6. The molecule has 0 aliphatic heterocycles. The van der Waals surface area contributed by atoms with Crippen LogP contribution in [0.25, 0.3) is 33.4 Å². The van der Waals surface area contributed by atoms with E-state index in [1.807, 2.05) is 76.0 Å². The van der Waals surface area contributed by atoms with Crippen LogP contribution in [0.3, 0.4) is 0 Å². The molecule has 3 heterocycles. The third-order valence-electron chi connectivity index (χ3n) is 11.0. The topological polar surface area (TPSA) is 101 Å². The fourth-order valence-electron chi connectivity index (χ4n) is 8.07. The van der Waals surface area contributed by atoms with E-state index in [2.05, 4.69) is 126 Å². The Bertz CT molecular complexity index is 2800. The predicted octanol–water partition coefficient (Wildman–Crippen LogP) is 9.92. The predicted molar refractivity (Wildman–Crippen MR) is 236 cm³/mol. The minimum atomic E-state index is -0.886. The Balaban J connectivity index is 1.08. The molecule has 0 saturated carbocycles. The van der Waals surface area contributed by atoms with Gasteiger partial charge in [0.15, 0.2) is 5.82 Å². The van der Waals surface area contributed by atoms with Gasteiger partial charge in [-0.1, -0.05) is 165 Å². The van der Waals surface area contributed by atoms with Gasteiger partial charge in [-0.2, -0.15) is 0 Å². The van der Waals surface area contributed by atoms with E-state index in [0.29, 0.717) is 42.2 Å². The third-order valence-corrected chi connectivity index (χ3v) is 11.0. The number of fused-ring (bicyclic) bond motifs is 1. The average Bonchev–Trinajstić information content (AvgIpc) is 3.81. The third kappa shape index (κ3) is 7.37. The van der Waals surface area contributed by atoms with Crippen LogP contribution in [0.1, 0.15) is 53.4 Å². The molecule has 6 aromatic carbocycles. The highest BCUT2D eigenvalue weighted by Gasteiger charge is 2.42. The van der Waals surface area contributed by atoms with Crippen molar-refractivity contribution in [2.75, 3.05) is 0 Å². The molecule has 0 saturated heterocycles. The molecule has 3 aromatic heterocycles. The summed E-state index contributed by atoms with van der Waals surface area (Å²) in [6, 6.07) is 59.2. The van der Waals surface area contributed by atoms with Crippen molar-refractivity contribution < 1.29 is 4.74 Å². The lowest BCUT2D eigenvalue weighted by Crippen LogP contribution is -2.39. The van der Waals surface area contributed by atoms with Gasteiger partial charge in [0.2, 0.25) is 5.88 Å². The molecule has 0 amide bonds. The van der Waals surface area contributed by atoms with Gasteiger partial charge in [-0.15, -0.1) is 5.10 Å². The molecule has 0 unspecified atom stereocenters. The highest BCUT2D eigenvalue weighted by Crippen LogP contribution is 2.43. The first kappa shape index (κ1) is 38.0. The molecule has 9 rings (SSSR count). The van der Waals surface area contributed by atoms with Crippen molar-refractivity contribution in [1.29, 1.82) is 0 Å². The van der Waals surface area contributed by atoms with Gasteiger partial charge in [-0.3, -0.25) is 9.36 Å². The molecule has 9 heteroatoms. The number of nitrogens with zero attached hydrogens (tertiary/aromatic N) is 7. The number of hydrogen-bond acceptors (Lipinski definition) is 7. The number of pyridine rings is 1. The van der Waals surface area contributed by atoms with E-state index in [9.17, 15) is 4.79 Å². The van der Waals surface area contributed by atoms with E-state index in [-0.39, 0.29) is 5.56 Å². The molecule has 0 radical (unpaired) electrons. The lowest BCUT2D eigenvalue weighted by atomic mass is 9.77. The van der Waals surface area contributed by atoms with E-state index in [0.717, 1.165) is 63.2 Å². The van der Waals surface area contributed by atoms with Crippen molar-refractivity contribution in [1.82, 2.24) is 34.7 Å². The first-order valence-electron chi connectivity index (χ1n) is 20.3. The summed E-state index contributed by atoms with van der Waals surface area (Å²) in [7, 11) is 0. The number of unbranched alkanes of at least 4 members (excludes halogenated alkanes) is 1. The van der Waals surface area contributed by atoms with Gasteiger partial charge < -0.3 is 4.74 Å². The minimum absolute atomic E-state index is 0.0641. The molecular weight excluding hydrogens is 743 g/mol. The largest absolute Gasteiger partial charge is 0.473 e. The van der Waals surface area contributed by atoms with E-state index in [1.165, 1.54) is 0 Å². The summed E-state index contributed by atoms with van der Waals surface area (Å²) in [5.74, 6) is 1.95. The average molecular weight is 786 g/mol. The van der Waals surface area contributed by atoms with Crippen LogP contribution in [-0.2, 0) is 25.1 Å². The van der Waals surface area contributed by atoms with Crippen LogP contribution >= 0.6 is 0 Å². The summed E-state index contributed by atoms with van der Waals surface area (Å²) in [6.07, 6.45) is 4.34. The zero-order valence-electron chi connectivity index (χ0n) is 33.3. The summed E-state index contributed by atoms with van der Waals surface area (Å²) in [6.45, 7) is 2.84. The summed E-state index contributed by atoms with van der Waals surface area (Å²) in [5, 5.41) is 14.4. The monoisotopic (exact) mass is 785 g/mol. The molecule has 0 aliphatic rings. The number of ether oxygens (including phenoxy) is 1. The van der Waals surface area contributed by atoms with E-state index >= 15 is 0 Å². The van der Waals surface area contributed by atoms with Gasteiger partial charge in [0.25, 0.3) is 5.56 Å². The first-order valence-corrected chi connectivity index (χ1v) is 20.3. The highest BCUT2D eigenvalue weighted by molar-refractivity contribution is 5.81. The fourth-order valence-corrected chi connectivity index (χ4v) is 8.07. The van der Waals surface area contributed by atoms with Crippen LogP contribution in [0.2, 0.25) is 0 Å². The summed E-state index contributed by atoms with van der Waals surface area (Å²) in [5.41, 5.74) is 7.58. The maximum atomic E-state index is 14.3. The van der Waals surface area contributed by atoms with Crippen LogP contribution < -0.4 is 10.3 Å². The lowest BCUT2D eigenvalue weighted by molar-refractivity contribution is 0.294. The highest BCUT2D eigenvalue weighted by atomic mass is 16.5. The Hall–Kier alpha value is -7.52. The van der Waals surface area contributed by atoms with Crippen LogP contribution in [0.5, 0.6) is 5.88 Å². The number of hydrogen-bond donors (Lipinski definition) is 0. The molecular formula is C51H43N7O2. The van der Waals surface area contributed by atoms with Gasteiger partial charge >= 0.3 is 0 Å². The Labute approximate surface area is 348 Å². The van der Waals surface area contributed by atoms with Crippen LogP contribution in [-0.4, -0.2) is 34.7 Å². The van der Waals surface area contributed by atoms with E-state index in [1.54, 1.807) is 6.20 Å². The Kier molecular flexibility index (Phi) is 10.9. The standard InChI is InChI=1S/C51H43N7O2/c1-2-3-25-47-53-46-32-29-38(36-60-48-26-15-16-33-52-48)34-45(46)50(59)57(47)35-37-27-30-39(31-28-37)43-23-13-14-24-44(43)49-54-55-56-58(49)51(40-17-7-4-8-18-40,41-19-9-5-10-20-41)42-21-11-6-12-22-42/h4-24,26-34H,2-3,25,35-36H2,1H3. The number of aromatic nitrogens is 7. The Morgan fingerprint density at radius 2 is 1.27 bits per heavy atom. The van der Waals surface area contributed by atoms with Gasteiger partial charge in [0.05, 0.1) is 17.4 Å². The number of tetrazole rings is 1. The second-order valence-corrected chi connectivity index (χ2v) is 14.8. The molecule has 0 aliphatic carbocycles. The van der Waals surface area contributed by atoms with Crippen LogP contribution in [0.4, 0.5) is 0 Å². The summed E-state index contributed by atoms with van der Waals surface area (Å²) < 4.78 is 9.69. The lowest BCUT2D eigenvalue weighted by Gasteiger charge is -2.36. The Morgan fingerprint density at radius 1 is 0.650 bits per heavy atom. The smallest absolute Gasteiger partial charge is 0.261 e. The molecule has 0 N–H and O–H groups in total. The SMILES string of the molecule is CCCCc1nc2ccc(COc3ccccn3)cc2c(=O)n1Cc1ccc(-c2ccccc2-c2nnnn2C(c2ccccc2)(c2ccccc2)c2ccccc2)cc1. The maximum Gasteiger partial charge on any atom is 0.261 e. The van der Waals surface area contributed by atoms with E-state index < -0.39 is 5.54 Å². The van der Waals surface area contributed by atoms with Gasteiger partial charge in [-0.25, -0.2) is 14.6 Å². The second kappa shape index (κ2) is 17.1. The van der Waals surface area contributed by atoms with Crippen molar-refractivity contribution >= 4 is 10.9 Å². The zero-order chi connectivity index (χ0) is 40.7. The molecule has 294 valence electrons. The minimum Gasteiger partial charge on any atom is -0.473 e. The van der Waals surface area contributed by atoms with Crippen LogP contribution in [0.15, 0.2) is 187 Å². The van der Waals surface area contributed by atoms with Crippen molar-refractivity contribution in [3.8, 4) is 28.4 Å². The summed E-state index contributed by atoms with van der Waals surface area (Å²) >= 11 is 0. The molecule has 0 bridgehead atoms. The van der Waals surface area contributed by atoms with Gasteiger partial charge in [-0.05, 0) is 74.0 Å². The molecule has 60 heavy (non-hydrogen) atoms. The normalized spacial score (nSPS) is 11.5. The van der Waals surface area contributed by atoms with Crippen molar-refractivity contribution in [2.45, 2.75) is 44.9 Å². The van der Waals surface area contributed by atoms with Crippen molar-refractivity contribution in [3.63, 3.8) is 0 Å². The molecule has 0 atom stereocenters. The Morgan fingerprint density at radius 3 is 1.90 bits per heavy atom. The molecule has 0 spiro atoms. The van der Waals surface area contributed by atoms with Crippen molar-refractivity contribution in [2.24, 2.45) is 0 Å². The van der Waals surface area contributed by atoms with Crippen molar-refractivity contribution in [3.05, 3.63) is 226 Å². The maximum absolute atomic E-state index is 14.3. The van der Waals surface area contributed by atoms with E-state index in [4.69, 9.17) is 20.0 Å². The van der Waals surface area contributed by atoms with Gasteiger partial charge in [0.1, 0.15) is 18.0 Å². The quantitative estimate of drug-likeness (QED) is 0.101. The number of aryl methyl sites for hydroxylation is 1. The fraction of sp³-hybridized carbons (Fsp3) is 0.137. The summed E-state index contributed by atoms with van der Waals surface area (Å²) in [4.78, 5) is 23.5. The molecule has 0 fully saturated rings.